The molecular weight excluding hydrogens is 232 g/mol. The van der Waals surface area contributed by atoms with E-state index in [0.29, 0.717) is 18.1 Å². The summed E-state index contributed by atoms with van der Waals surface area (Å²) >= 11 is 0.955. The Hall–Kier alpha value is -1.70. The Bertz CT molecular complexity index is 390. The first-order valence-corrected chi connectivity index (χ1v) is 5.36. The Morgan fingerprint density at radius 3 is 2.88 bits per heavy atom. The minimum Gasteiger partial charge on any atom is -0.361 e. The predicted molar refractivity (Wildman–Crippen MR) is 60.6 cm³/mol. The van der Waals surface area contributed by atoms with Gasteiger partial charge in [0, 0.05) is 27.1 Å². The summed E-state index contributed by atoms with van der Waals surface area (Å²) in [5, 5.41) is 13.7. The number of carbonyl (C=O) groups is 1. The van der Waals surface area contributed by atoms with Crippen LogP contribution in [0.1, 0.15) is 6.42 Å². The molecule has 0 aromatic carbocycles. The molecule has 88 valence electrons. The third-order valence-corrected chi connectivity index (χ3v) is 2.69. The van der Waals surface area contributed by atoms with E-state index >= 15 is 0 Å². The Kier molecular flexibility index (Phi) is 4.18. The molecule has 7 nitrogen and oxygen atoms in total. The maximum Gasteiger partial charge on any atom is 0.345 e. The lowest BCUT2D eigenvalue weighted by Gasteiger charge is -2.09. The van der Waals surface area contributed by atoms with Gasteiger partial charge in [-0.3, -0.25) is 14.9 Å². The van der Waals surface area contributed by atoms with Gasteiger partial charge >= 0.3 is 5.00 Å². The minimum atomic E-state index is -0.492. The lowest BCUT2D eigenvalue weighted by molar-refractivity contribution is -0.380. The largest absolute Gasteiger partial charge is 0.361 e. The molecular formula is C8H12N4O3S. The fraction of sp³-hybridized carbons (Fsp3) is 0.500. The summed E-state index contributed by atoms with van der Waals surface area (Å²) in [7, 11) is 3.35. The summed E-state index contributed by atoms with van der Waals surface area (Å²) < 4.78 is 0. The zero-order chi connectivity index (χ0) is 12.1. The topological polar surface area (TPSA) is 88.4 Å². The quantitative estimate of drug-likeness (QED) is 0.615. The van der Waals surface area contributed by atoms with Crippen molar-refractivity contribution in [3.63, 3.8) is 0 Å². The van der Waals surface area contributed by atoms with E-state index in [2.05, 4.69) is 10.3 Å². The number of anilines is 1. The van der Waals surface area contributed by atoms with Gasteiger partial charge in [0.1, 0.15) is 6.20 Å². The van der Waals surface area contributed by atoms with Crippen LogP contribution in [0, 0.1) is 10.1 Å². The first-order chi connectivity index (χ1) is 7.50. The highest BCUT2D eigenvalue weighted by Crippen LogP contribution is 2.24. The fourth-order valence-corrected chi connectivity index (χ4v) is 1.59. The van der Waals surface area contributed by atoms with E-state index < -0.39 is 4.92 Å². The summed E-state index contributed by atoms with van der Waals surface area (Å²) in [6, 6.07) is 0. The second-order valence-corrected chi connectivity index (χ2v) is 4.23. The van der Waals surface area contributed by atoms with Crippen LogP contribution in [0.2, 0.25) is 0 Å². The zero-order valence-electron chi connectivity index (χ0n) is 8.97. The number of hydrogen-bond acceptors (Lipinski definition) is 6. The number of nitrogens with zero attached hydrogens (tertiary/aromatic N) is 3. The maximum atomic E-state index is 11.2. The summed E-state index contributed by atoms with van der Waals surface area (Å²) in [5.74, 6) is -0.00134. The molecule has 0 bridgehead atoms. The summed E-state index contributed by atoms with van der Waals surface area (Å²) in [5.41, 5.74) is 0. The maximum absolute atomic E-state index is 11.2. The smallest absolute Gasteiger partial charge is 0.345 e. The highest BCUT2D eigenvalue weighted by Gasteiger charge is 2.11. The van der Waals surface area contributed by atoms with E-state index in [1.54, 1.807) is 14.1 Å². The number of amides is 1. The summed E-state index contributed by atoms with van der Waals surface area (Å²) in [4.78, 5) is 26.4. The van der Waals surface area contributed by atoms with Gasteiger partial charge in [0.25, 0.3) is 0 Å². The summed E-state index contributed by atoms with van der Waals surface area (Å²) in [6.07, 6.45) is 1.53. The van der Waals surface area contributed by atoms with Crippen molar-refractivity contribution >= 4 is 27.4 Å². The standard InChI is InChI=1S/C8H12N4O3S/c1-11(2)6(13)3-4-9-8-10-5-7(16-8)12(14)15/h5H,3-4H2,1-2H3,(H,9,10). The van der Waals surface area contributed by atoms with Gasteiger partial charge in [-0.15, -0.1) is 0 Å². The van der Waals surface area contributed by atoms with Crippen LogP contribution >= 0.6 is 11.3 Å². The molecule has 16 heavy (non-hydrogen) atoms. The van der Waals surface area contributed by atoms with Crippen LogP contribution in [0.4, 0.5) is 10.1 Å². The summed E-state index contributed by atoms with van der Waals surface area (Å²) in [6.45, 7) is 0.418. The van der Waals surface area contributed by atoms with E-state index in [4.69, 9.17) is 0 Å². The highest BCUT2D eigenvalue weighted by atomic mass is 32.1. The Morgan fingerprint density at radius 2 is 2.38 bits per heavy atom. The first kappa shape index (κ1) is 12.4. The molecule has 8 heteroatoms. The molecule has 0 saturated heterocycles. The van der Waals surface area contributed by atoms with Gasteiger partial charge in [-0.25, -0.2) is 4.98 Å². The molecule has 1 aromatic heterocycles. The molecule has 0 fully saturated rings. The zero-order valence-corrected chi connectivity index (χ0v) is 9.78. The first-order valence-electron chi connectivity index (χ1n) is 4.55. The minimum absolute atomic E-state index is 0.00134. The average Bonchev–Trinajstić information content (AvgIpc) is 2.66. The third-order valence-electron chi connectivity index (χ3n) is 1.79. The molecule has 0 aliphatic carbocycles. The number of carbonyl (C=O) groups excluding carboxylic acids is 1. The van der Waals surface area contributed by atoms with E-state index in [1.165, 1.54) is 11.1 Å². The number of aromatic nitrogens is 1. The fourth-order valence-electron chi connectivity index (χ4n) is 0.932. The second-order valence-electron chi connectivity index (χ2n) is 3.23. The predicted octanol–water partition coefficient (Wildman–Crippen LogP) is 0.941. The molecule has 1 N–H and O–H groups in total. The van der Waals surface area contributed by atoms with Gasteiger partial charge in [-0.05, 0) is 11.3 Å². The van der Waals surface area contributed by atoms with Gasteiger partial charge in [0.05, 0.1) is 4.92 Å². The van der Waals surface area contributed by atoms with Crippen molar-refractivity contribution in [3.8, 4) is 0 Å². The van der Waals surface area contributed by atoms with Crippen LogP contribution in [-0.4, -0.2) is 41.4 Å². The van der Waals surface area contributed by atoms with Crippen molar-refractivity contribution in [1.29, 1.82) is 0 Å². The Balaban J connectivity index is 2.37. The average molecular weight is 244 g/mol. The van der Waals surface area contributed by atoms with E-state index in [-0.39, 0.29) is 10.9 Å². The molecule has 0 radical (unpaired) electrons. The van der Waals surface area contributed by atoms with Crippen molar-refractivity contribution in [2.75, 3.05) is 26.0 Å². The molecule has 1 heterocycles. The Labute approximate surface area is 96.2 Å². The van der Waals surface area contributed by atoms with Gasteiger partial charge < -0.3 is 10.2 Å². The van der Waals surface area contributed by atoms with Gasteiger partial charge in [0.15, 0.2) is 5.13 Å². The lowest BCUT2D eigenvalue weighted by atomic mass is 10.4. The van der Waals surface area contributed by atoms with Crippen molar-refractivity contribution in [1.82, 2.24) is 9.88 Å². The van der Waals surface area contributed by atoms with Crippen molar-refractivity contribution < 1.29 is 9.72 Å². The molecule has 0 aliphatic rings. The SMILES string of the molecule is CN(C)C(=O)CCNc1ncc([N+](=O)[O-])s1. The number of nitro groups is 1. The highest BCUT2D eigenvalue weighted by molar-refractivity contribution is 7.18. The van der Waals surface area contributed by atoms with Crippen LogP contribution in [-0.2, 0) is 4.79 Å². The molecule has 1 rings (SSSR count). The van der Waals surface area contributed by atoms with E-state index in [1.807, 2.05) is 0 Å². The monoisotopic (exact) mass is 244 g/mol. The van der Waals surface area contributed by atoms with Crippen LogP contribution in [0.15, 0.2) is 6.20 Å². The van der Waals surface area contributed by atoms with Crippen LogP contribution in [0.25, 0.3) is 0 Å². The lowest BCUT2D eigenvalue weighted by Crippen LogP contribution is -2.23. The number of nitrogens with one attached hydrogen (secondary N) is 1. The van der Waals surface area contributed by atoms with Crippen LogP contribution in [0.5, 0.6) is 0 Å². The second kappa shape index (κ2) is 5.40. The van der Waals surface area contributed by atoms with Crippen molar-refractivity contribution in [2.45, 2.75) is 6.42 Å². The number of rotatable bonds is 5. The van der Waals surface area contributed by atoms with Gasteiger partial charge in [-0.1, -0.05) is 0 Å². The molecule has 1 aromatic rings. The number of hydrogen-bond donors (Lipinski definition) is 1. The van der Waals surface area contributed by atoms with E-state index in [0.717, 1.165) is 11.3 Å². The molecule has 0 saturated carbocycles. The molecule has 1 amide bonds. The third kappa shape index (κ3) is 3.46. The van der Waals surface area contributed by atoms with Crippen molar-refractivity contribution in [3.05, 3.63) is 16.3 Å². The normalized spacial score (nSPS) is 9.88. The Morgan fingerprint density at radius 1 is 1.69 bits per heavy atom. The van der Waals surface area contributed by atoms with E-state index in [9.17, 15) is 14.9 Å². The van der Waals surface area contributed by atoms with Crippen LogP contribution < -0.4 is 5.32 Å². The van der Waals surface area contributed by atoms with Gasteiger partial charge in [-0.2, -0.15) is 0 Å². The molecule has 0 aliphatic heterocycles. The molecule has 0 atom stereocenters. The number of thiazole rings is 1. The van der Waals surface area contributed by atoms with Gasteiger partial charge in [0.2, 0.25) is 5.91 Å². The van der Waals surface area contributed by atoms with Crippen LogP contribution in [0.3, 0.4) is 0 Å². The van der Waals surface area contributed by atoms with Crippen molar-refractivity contribution in [2.24, 2.45) is 0 Å². The molecule has 0 unspecified atom stereocenters. The molecule has 0 spiro atoms.